The number of ether oxygens (including phenoxy) is 3. The van der Waals surface area contributed by atoms with Crippen molar-refractivity contribution in [2.75, 3.05) is 25.3 Å². The van der Waals surface area contributed by atoms with E-state index in [1.165, 1.54) is 24.2 Å². The van der Waals surface area contributed by atoms with Gasteiger partial charge in [0.2, 0.25) is 6.79 Å². The summed E-state index contributed by atoms with van der Waals surface area (Å²) in [6.45, 7) is 1.00. The first-order valence-electron chi connectivity index (χ1n) is 7.51. The average molecular weight is 332 g/mol. The van der Waals surface area contributed by atoms with Crippen LogP contribution in [0, 0.1) is 5.92 Å². The van der Waals surface area contributed by atoms with Gasteiger partial charge in [-0.05, 0) is 37.0 Å². The summed E-state index contributed by atoms with van der Waals surface area (Å²) in [5.41, 5.74) is 1.72. The van der Waals surface area contributed by atoms with E-state index < -0.39 is 0 Å². The second-order valence-corrected chi connectivity index (χ2v) is 6.47. The molecule has 6 nitrogen and oxygen atoms in total. The minimum absolute atomic E-state index is 0.0788. The van der Waals surface area contributed by atoms with Crippen LogP contribution in [0.5, 0.6) is 11.5 Å². The number of hydrogen-bond acceptors (Lipinski definition) is 6. The summed E-state index contributed by atoms with van der Waals surface area (Å²) < 4.78 is 16.0. The zero-order valence-electron chi connectivity index (χ0n) is 12.4. The van der Waals surface area contributed by atoms with Crippen molar-refractivity contribution in [3.8, 4) is 22.8 Å². The second kappa shape index (κ2) is 6.17. The molecule has 0 radical (unpaired) electrons. The molecule has 2 heterocycles. The molecule has 1 aromatic heterocycles. The summed E-state index contributed by atoms with van der Waals surface area (Å²) in [6, 6.07) is 5.68. The van der Waals surface area contributed by atoms with Gasteiger partial charge < -0.3 is 14.2 Å². The van der Waals surface area contributed by atoms with E-state index in [1.807, 2.05) is 23.6 Å². The van der Waals surface area contributed by atoms with Crippen LogP contribution in [0.2, 0.25) is 0 Å². The van der Waals surface area contributed by atoms with E-state index in [-0.39, 0.29) is 19.3 Å². The number of rotatable bonds is 6. The normalized spacial score (nSPS) is 15.7. The van der Waals surface area contributed by atoms with Gasteiger partial charge in [0, 0.05) is 10.9 Å². The number of nitrogens with zero attached hydrogens (tertiary/aromatic N) is 1. The number of fused-ring (bicyclic) bond motifs is 1. The molecule has 4 rings (SSSR count). The molecule has 1 saturated carbocycles. The van der Waals surface area contributed by atoms with Crippen LogP contribution in [0.3, 0.4) is 0 Å². The highest BCUT2D eigenvalue weighted by atomic mass is 32.1. The fourth-order valence-corrected chi connectivity index (χ4v) is 3.01. The first-order valence-corrected chi connectivity index (χ1v) is 8.39. The Labute approximate surface area is 137 Å². The van der Waals surface area contributed by atoms with E-state index in [0.29, 0.717) is 17.7 Å². The number of carbonyl (C=O) groups is 1. The molecule has 120 valence electrons. The van der Waals surface area contributed by atoms with Crippen molar-refractivity contribution >= 4 is 22.4 Å². The molecular formula is C16H16N2O4S. The predicted octanol–water partition coefficient (Wildman–Crippen LogP) is 2.90. The summed E-state index contributed by atoms with van der Waals surface area (Å²) >= 11 is 1.39. The minimum Gasteiger partial charge on any atom is -0.454 e. The third-order valence-corrected chi connectivity index (χ3v) is 4.46. The minimum atomic E-state index is -0.169. The standard InChI is InChI=1S/C16H16N2O4S/c19-15(7-20-6-10-1-2-10)18-16-17-12(8-23-16)11-3-4-13-14(5-11)22-9-21-13/h3-5,8,10H,1-2,6-7,9H2,(H,17,18,19). The number of aromatic nitrogens is 1. The summed E-state index contributed by atoms with van der Waals surface area (Å²) in [6.07, 6.45) is 2.43. The molecule has 0 spiro atoms. The van der Waals surface area contributed by atoms with E-state index in [0.717, 1.165) is 22.8 Å². The van der Waals surface area contributed by atoms with E-state index in [1.54, 1.807) is 0 Å². The first-order chi connectivity index (χ1) is 11.3. The van der Waals surface area contributed by atoms with Gasteiger partial charge in [0.25, 0.3) is 5.91 Å². The number of amides is 1. The summed E-state index contributed by atoms with van der Waals surface area (Å²) in [4.78, 5) is 16.2. The lowest BCUT2D eigenvalue weighted by Crippen LogP contribution is -2.18. The highest BCUT2D eigenvalue weighted by Crippen LogP contribution is 2.36. The maximum atomic E-state index is 11.8. The Morgan fingerprint density at radius 1 is 1.35 bits per heavy atom. The number of thiazole rings is 1. The van der Waals surface area contributed by atoms with Gasteiger partial charge in [0.1, 0.15) is 6.61 Å². The molecule has 1 fully saturated rings. The van der Waals surface area contributed by atoms with Gasteiger partial charge in [-0.1, -0.05) is 0 Å². The first kappa shape index (κ1) is 14.5. The van der Waals surface area contributed by atoms with Crippen molar-refractivity contribution in [3.63, 3.8) is 0 Å². The SMILES string of the molecule is O=C(COCC1CC1)Nc1nc(-c2ccc3c(c2)OCO3)cs1. The van der Waals surface area contributed by atoms with Crippen molar-refractivity contribution in [2.45, 2.75) is 12.8 Å². The molecule has 23 heavy (non-hydrogen) atoms. The van der Waals surface area contributed by atoms with E-state index in [2.05, 4.69) is 10.3 Å². The largest absolute Gasteiger partial charge is 0.454 e. The third kappa shape index (κ3) is 3.46. The third-order valence-electron chi connectivity index (χ3n) is 3.70. The molecule has 1 aliphatic carbocycles. The maximum absolute atomic E-state index is 11.8. The second-order valence-electron chi connectivity index (χ2n) is 5.61. The number of anilines is 1. The molecule has 0 unspecified atom stereocenters. The Hall–Kier alpha value is -2.12. The van der Waals surface area contributed by atoms with Gasteiger partial charge in [-0.2, -0.15) is 0 Å². The van der Waals surface area contributed by atoms with Crippen LogP contribution < -0.4 is 14.8 Å². The summed E-state index contributed by atoms with van der Waals surface area (Å²) in [5.74, 6) is 1.94. The van der Waals surface area contributed by atoms with Crippen LogP contribution in [-0.4, -0.2) is 30.9 Å². The highest BCUT2D eigenvalue weighted by Gasteiger charge is 2.21. The number of nitrogens with one attached hydrogen (secondary N) is 1. The van der Waals surface area contributed by atoms with E-state index >= 15 is 0 Å². The van der Waals surface area contributed by atoms with Crippen LogP contribution in [0.1, 0.15) is 12.8 Å². The molecule has 0 atom stereocenters. The topological polar surface area (TPSA) is 69.7 Å². The zero-order chi connectivity index (χ0) is 15.6. The molecule has 2 aliphatic rings. The van der Waals surface area contributed by atoms with Gasteiger partial charge in [0.05, 0.1) is 12.3 Å². The Bertz CT molecular complexity index is 727. The predicted molar refractivity (Wildman–Crippen MR) is 85.8 cm³/mol. The lowest BCUT2D eigenvalue weighted by atomic mass is 10.1. The lowest BCUT2D eigenvalue weighted by molar-refractivity contribution is -0.120. The molecular weight excluding hydrogens is 316 g/mol. The Morgan fingerprint density at radius 2 is 2.22 bits per heavy atom. The fourth-order valence-electron chi connectivity index (χ4n) is 2.28. The van der Waals surface area contributed by atoms with Crippen molar-refractivity contribution in [2.24, 2.45) is 5.92 Å². The maximum Gasteiger partial charge on any atom is 0.252 e. The molecule has 0 bridgehead atoms. The zero-order valence-corrected chi connectivity index (χ0v) is 13.2. The molecule has 1 amide bonds. The molecule has 2 aromatic rings. The molecule has 1 aliphatic heterocycles. The quantitative estimate of drug-likeness (QED) is 0.881. The smallest absolute Gasteiger partial charge is 0.252 e. The molecule has 1 aromatic carbocycles. The molecule has 1 N–H and O–H groups in total. The van der Waals surface area contributed by atoms with Crippen molar-refractivity contribution in [1.29, 1.82) is 0 Å². The van der Waals surface area contributed by atoms with E-state index in [4.69, 9.17) is 14.2 Å². The van der Waals surface area contributed by atoms with Crippen LogP contribution in [0.25, 0.3) is 11.3 Å². The number of hydrogen-bond donors (Lipinski definition) is 1. The number of benzene rings is 1. The Balaban J connectivity index is 1.37. The molecule has 0 saturated heterocycles. The number of carbonyl (C=O) groups excluding carboxylic acids is 1. The van der Waals surface area contributed by atoms with Gasteiger partial charge in [-0.15, -0.1) is 11.3 Å². The van der Waals surface area contributed by atoms with Gasteiger partial charge in [-0.3, -0.25) is 10.1 Å². The van der Waals surface area contributed by atoms with Crippen LogP contribution in [0.4, 0.5) is 5.13 Å². The fraction of sp³-hybridized carbons (Fsp3) is 0.375. The lowest BCUT2D eigenvalue weighted by Gasteiger charge is -2.03. The van der Waals surface area contributed by atoms with Gasteiger partial charge in [-0.25, -0.2) is 4.98 Å². The van der Waals surface area contributed by atoms with Crippen LogP contribution in [0.15, 0.2) is 23.6 Å². The van der Waals surface area contributed by atoms with Crippen LogP contribution in [-0.2, 0) is 9.53 Å². The van der Waals surface area contributed by atoms with Crippen molar-refractivity contribution < 1.29 is 19.0 Å². The van der Waals surface area contributed by atoms with E-state index in [9.17, 15) is 4.79 Å². The van der Waals surface area contributed by atoms with Crippen molar-refractivity contribution in [1.82, 2.24) is 4.98 Å². The van der Waals surface area contributed by atoms with Crippen LogP contribution >= 0.6 is 11.3 Å². The summed E-state index contributed by atoms with van der Waals surface area (Å²) in [7, 11) is 0. The molecule has 7 heteroatoms. The van der Waals surface area contributed by atoms with Crippen molar-refractivity contribution in [3.05, 3.63) is 23.6 Å². The summed E-state index contributed by atoms with van der Waals surface area (Å²) in [5, 5.41) is 5.23. The monoisotopic (exact) mass is 332 g/mol. The van der Waals surface area contributed by atoms with Gasteiger partial charge >= 0.3 is 0 Å². The Morgan fingerprint density at radius 3 is 3.09 bits per heavy atom. The highest BCUT2D eigenvalue weighted by molar-refractivity contribution is 7.14. The van der Waals surface area contributed by atoms with Gasteiger partial charge in [0.15, 0.2) is 16.6 Å². The average Bonchev–Trinajstić information content (AvgIpc) is 3.07. The Kier molecular flexibility index (Phi) is 3.88.